The van der Waals surface area contributed by atoms with Crippen LogP contribution in [0.15, 0.2) is 18.2 Å². The van der Waals surface area contributed by atoms with Crippen molar-refractivity contribution in [3.63, 3.8) is 0 Å². The van der Waals surface area contributed by atoms with Crippen molar-refractivity contribution in [2.45, 2.75) is 103 Å². The van der Waals surface area contributed by atoms with Gasteiger partial charge >= 0.3 is 5.97 Å². The molecule has 2 atom stereocenters. The van der Waals surface area contributed by atoms with Gasteiger partial charge in [-0.2, -0.15) is 0 Å². The monoisotopic (exact) mass is 501 g/mol. The van der Waals surface area contributed by atoms with Crippen LogP contribution < -0.4 is 9.47 Å². The number of Topliss-reactive ketones (excluding diaryl/α,β-unsaturated/α-hetero) is 1. The van der Waals surface area contributed by atoms with Gasteiger partial charge in [0.1, 0.15) is 25.1 Å². The van der Waals surface area contributed by atoms with Crippen LogP contribution in [-0.2, 0) is 14.3 Å². The lowest BCUT2D eigenvalue weighted by Gasteiger charge is -2.31. The normalized spacial score (nSPS) is 17.1. The third-order valence-electron chi connectivity index (χ3n) is 7.31. The van der Waals surface area contributed by atoms with Gasteiger partial charge in [-0.05, 0) is 56.5 Å². The predicted molar refractivity (Wildman–Crippen MR) is 143 cm³/mol. The van der Waals surface area contributed by atoms with E-state index in [0.717, 1.165) is 63.1 Å². The maximum atomic E-state index is 13.1. The van der Waals surface area contributed by atoms with Crippen LogP contribution in [0.3, 0.4) is 0 Å². The highest BCUT2D eigenvalue weighted by Crippen LogP contribution is 2.38. The van der Waals surface area contributed by atoms with E-state index >= 15 is 0 Å². The average Bonchev–Trinajstić information content (AvgIpc) is 3.40. The zero-order chi connectivity index (χ0) is 25.6. The molecule has 36 heavy (non-hydrogen) atoms. The number of ketones is 1. The molecule has 6 nitrogen and oxygen atoms in total. The zero-order valence-electron chi connectivity index (χ0n) is 22.6. The molecule has 2 aliphatic rings. The number of ether oxygens (including phenoxy) is 3. The Kier molecular flexibility index (Phi) is 12.6. The Morgan fingerprint density at radius 3 is 2.31 bits per heavy atom. The van der Waals surface area contributed by atoms with Gasteiger partial charge in [-0.15, -0.1) is 0 Å². The number of likely N-dealkylation sites (tertiary alicyclic amines) is 1. The fraction of sp³-hybridized carbons (Fsp3) is 0.733. The minimum absolute atomic E-state index is 0.0797. The van der Waals surface area contributed by atoms with Gasteiger partial charge in [0, 0.05) is 31.7 Å². The van der Waals surface area contributed by atoms with Crippen molar-refractivity contribution in [3.8, 4) is 11.5 Å². The number of carbonyl (C=O) groups excluding carboxylic acids is 2. The number of unbranched alkanes of at least 4 members (excludes halogenated alkanes) is 6. The molecule has 1 fully saturated rings. The minimum atomic E-state index is -0.473. The molecule has 0 spiro atoms. The van der Waals surface area contributed by atoms with Crippen LogP contribution in [0, 0.1) is 5.92 Å². The van der Waals surface area contributed by atoms with E-state index in [1.165, 1.54) is 32.1 Å². The Morgan fingerprint density at radius 2 is 1.56 bits per heavy atom. The molecule has 1 aromatic rings. The first-order valence-electron chi connectivity index (χ1n) is 14.4. The summed E-state index contributed by atoms with van der Waals surface area (Å²) in [4.78, 5) is 28.5. The number of esters is 1. The first-order valence-corrected chi connectivity index (χ1v) is 14.4. The maximum Gasteiger partial charge on any atom is 0.306 e. The molecule has 0 saturated carbocycles. The second kappa shape index (κ2) is 15.9. The Hall–Kier alpha value is -2.08. The molecule has 0 N–H and O–H groups in total. The first kappa shape index (κ1) is 28.5. The topological polar surface area (TPSA) is 65.1 Å². The van der Waals surface area contributed by atoms with Gasteiger partial charge in [0.05, 0.1) is 0 Å². The number of hydrogen-bond acceptors (Lipinski definition) is 6. The van der Waals surface area contributed by atoms with Crippen molar-refractivity contribution in [3.05, 3.63) is 23.8 Å². The van der Waals surface area contributed by atoms with E-state index in [1.54, 1.807) is 0 Å². The molecular formula is C30H47NO5. The molecule has 2 heterocycles. The van der Waals surface area contributed by atoms with Gasteiger partial charge in [-0.3, -0.25) is 9.59 Å². The summed E-state index contributed by atoms with van der Waals surface area (Å²) in [5.74, 6) is 1.43. The van der Waals surface area contributed by atoms with E-state index in [1.807, 2.05) is 18.2 Å². The fourth-order valence-corrected chi connectivity index (χ4v) is 5.28. The van der Waals surface area contributed by atoms with Crippen molar-refractivity contribution in [1.82, 2.24) is 4.90 Å². The molecule has 6 heteroatoms. The van der Waals surface area contributed by atoms with Crippen molar-refractivity contribution in [1.29, 1.82) is 0 Å². The van der Waals surface area contributed by atoms with Gasteiger partial charge in [-0.1, -0.05) is 58.4 Å². The molecule has 0 aliphatic carbocycles. The van der Waals surface area contributed by atoms with Crippen LogP contribution >= 0.6 is 0 Å². The van der Waals surface area contributed by atoms with Crippen LogP contribution in [-0.4, -0.2) is 49.5 Å². The Morgan fingerprint density at radius 1 is 0.889 bits per heavy atom. The lowest BCUT2D eigenvalue weighted by molar-refractivity contribution is -0.154. The lowest BCUT2D eigenvalue weighted by atomic mass is 9.88. The number of carbonyl (C=O) groups is 2. The van der Waals surface area contributed by atoms with Crippen molar-refractivity contribution in [2.75, 3.05) is 32.8 Å². The highest BCUT2D eigenvalue weighted by Gasteiger charge is 2.32. The second-order valence-corrected chi connectivity index (χ2v) is 10.4. The number of fused-ring (bicyclic) bond motifs is 1. The van der Waals surface area contributed by atoms with E-state index in [4.69, 9.17) is 14.2 Å². The maximum absolute atomic E-state index is 13.1. The summed E-state index contributed by atoms with van der Waals surface area (Å²) in [6, 6.07) is 5.83. The summed E-state index contributed by atoms with van der Waals surface area (Å²) >= 11 is 0. The second-order valence-electron chi connectivity index (χ2n) is 10.4. The molecule has 0 aromatic heterocycles. The third-order valence-corrected chi connectivity index (χ3v) is 7.31. The molecule has 1 saturated heterocycles. The summed E-state index contributed by atoms with van der Waals surface area (Å²) in [5, 5.41) is 0. The average molecular weight is 502 g/mol. The standard InChI is InChI=1S/C30H47NO5/c1-3-5-7-8-10-13-26(32)21-25(23-31-17-11-12-18-31)30(36-29(33)14-9-6-4-2)24-15-16-27-28(22-24)35-20-19-34-27/h15-16,22,25,30H,3-14,17-21,23H2,1-2H3/t25-,30-/m1/s1. The molecule has 1 aromatic carbocycles. The van der Waals surface area contributed by atoms with Gasteiger partial charge in [-0.25, -0.2) is 0 Å². The minimum Gasteiger partial charge on any atom is -0.486 e. The molecule has 3 rings (SSSR count). The Labute approximate surface area is 218 Å². The smallest absolute Gasteiger partial charge is 0.306 e. The van der Waals surface area contributed by atoms with Gasteiger partial charge < -0.3 is 19.1 Å². The molecule has 202 valence electrons. The zero-order valence-corrected chi connectivity index (χ0v) is 22.6. The van der Waals surface area contributed by atoms with Crippen molar-refractivity contribution >= 4 is 11.8 Å². The lowest BCUT2D eigenvalue weighted by Crippen LogP contribution is -2.33. The summed E-state index contributed by atoms with van der Waals surface area (Å²) < 4.78 is 17.7. The SMILES string of the molecule is CCCCCCCC(=O)C[C@H](CN1CCCC1)[C@H](OC(=O)CCCCC)c1ccc2c(c1)OCCO2. The van der Waals surface area contributed by atoms with Crippen LogP contribution in [0.2, 0.25) is 0 Å². The molecule has 0 amide bonds. The van der Waals surface area contributed by atoms with Gasteiger partial charge in [0.15, 0.2) is 11.5 Å². The van der Waals surface area contributed by atoms with Gasteiger partial charge in [0.2, 0.25) is 0 Å². The number of rotatable bonds is 17. The van der Waals surface area contributed by atoms with Crippen LogP contribution in [0.1, 0.15) is 109 Å². The number of nitrogens with zero attached hydrogens (tertiary/aromatic N) is 1. The van der Waals surface area contributed by atoms with Crippen molar-refractivity contribution < 1.29 is 23.8 Å². The first-order chi connectivity index (χ1) is 17.6. The van der Waals surface area contributed by atoms with Crippen LogP contribution in [0.25, 0.3) is 0 Å². The van der Waals surface area contributed by atoms with E-state index in [-0.39, 0.29) is 17.7 Å². The van der Waals surface area contributed by atoms with Gasteiger partial charge in [0.25, 0.3) is 0 Å². The summed E-state index contributed by atoms with van der Waals surface area (Å²) in [5.41, 5.74) is 0.892. The fourth-order valence-electron chi connectivity index (χ4n) is 5.28. The van der Waals surface area contributed by atoms with Crippen LogP contribution in [0.5, 0.6) is 11.5 Å². The summed E-state index contributed by atoms with van der Waals surface area (Å²) in [6.07, 6.45) is 11.9. The summed E-state index contributed by atoms with van der Waals surface area (Å²) in [6.45, 7) is 8.22. The number of benzene rings is 1. The van der Waals surface area contributed by atoms with Crippen molar-refractivity contribution in [2.24, 2.45) is 5.92 Å². The summed E-state index contributed by atoms with van der Waals surface area (Å²) in [7, 11) is 0. The molecular weight excluding hydrogens is 454 g/mol. The number of hydrogen-bond donors (Lipinski definition) is 0. The molecule has 0 unspecified atom stereocenters. The largest absolute Gasteiger partial charge is 0.486 e. The van der Waals surface area contributed by atoms with E-state index in [0.29, 0.717) is 38.2 Å². The molecule has 0 radical (unpaired) electrons. The quantitative estimate of drug-likeness (QED) is 0.176. The highest BCUT2D eigenvalue weighted by molar-refractivity contribution is 5.78. The van der Waals surface area contributed by atoms with E-state index in [2.05, 4.69) is 18.7 Å². The van der Waals surface area contributed by atoms with E-state index < -0.39 is 6.10 Å². The third kappa shape index (κ3) is 9.42. The molecule has 2 aliphatic heterocycles. The Bertz CT molecular complexity index is 805. The highest BCUT2D eigenvalue weighted by atomic mass is 16.6. The molecule has 0 bridgehead atoms. The van der Waals surface area contributed by atoms with Crippen LogP contribution in [0.4, 0.5) is 0 Å². The Balaban J connectivity index is 1.77. The predicted octanol–water partition coefficient (Wildman–Crippen LogP) is 6.65. The van der Waals surface area contributed by atoms with E-state index in [9.17, 15) is 9.59 Å².